The molecule has 2 heterocycles. The first-order valence-electron chi connectivity index (χ1n) is 8.59. The molecular weight excluding hydrogens is 342 g/mol. The standard InChI is InChI=1S/C16H25N5O3S/c1-10(2)5-13-15-16(19-8-18-13)21(9-20-15)12-6-11(14(22)7-12)3-4-25(17,23)24/h8-12,14,22H,3-7H2,1-2H3,(H2,17,23,24). The van der Waals surface area contributed by atoms with Gasteiger partial charge >= 0.3 is 0 Å². The summed E-state index contributed by atoms with van der Waals surface area (Å²) < 4.78 is 24.3. The minimum Gasteiger partial charge on any atom is -0.393 e. The third-order valence-corrected chi connectivity index (χ3v) is 5.64. The number of sulfonamides is 1. The quantitative estimate of drug-likeness (QED) is 0.785. The first-order chi connectivity index (χ1) is 11.7. The van der Waals surface area contributed by atoms with Gasteiger partial charge in [0.1, 0.15) is 11.8 Å². The molecule has 1 aliphatic carbocycles. The Bertz CT molecular complexity index is 849. The SMILES string of the molecule is CC(C)Cc1ncnc2c1ncn2C1CC(O)C(CCS(N)(=O)=O)C1. The highest BCUT2D eigenvalue weighted by molar-refractivity contribution is 7.89. The summed E-state index contributed by atoms with van der Waals surface area (Å²) in [5.74, 6) is 0.282. The summed E-state index contributed by atoms with van der Waals surface area (Å²) >= 11 is 0. The lowest BCUT2D eigenvalue weighted by atomic mass is 10.0. The predicted octanol–water partition coefficient (Wildman–Crippen LogP) is 1.02. The van der Waals surface area contributed by atoms with Gasteiger partial charge in [-0.3, -0.25) is 0 Å². The number of nitrogens with zero attached hydrogens (tertiary/aromatic N) is 4. The number of aliphatic hydroxyl groups excluding tert-OH is 1. The van der Waals surface area contributed by atoms with Gasteiger partial charge in [-0.15, -0.1) is 0 Å². The molecule has 1 saturated carbocycles. The van der Waals surface area contributed by atoms with Crippen LogP contribution in [0.15, 0.2) is 12.7 Å². The van der Waals surface area contributed by atoms with Crippen LogP contribution < -0.4 is 5.14 Å². The molecule has 138 valence electrons. The molecular formula is C16H25N5O3S. The molecule has 0 amide bonds. The second-order valence-corrected chi connectivity index (χ2v) is 9.08. The second kappa shape index (κ2) is 6.97. The highest BCUT2D eigenvalue weighted by Crippen LogP contribution is 2.38. The first-order valence-corrected chi connectivity index (χ1v) is 10.3. The number of fused-ring (bicyclic) bond motifs is 1. The largest absolute Gasteiger partial charge is 0.393 e. The lowest BCUT2D eigenvalue weighted by molar-refractivity contribution is 0.129. The summed E-state index contributed by atoms with van der Waals surface area (Å²) in [4.78, 5) is 13.2. The van der Waals surface area contributed by atoms with Crippen molar-refractivity contribution >= 4 is 21.2 Å². The molecule has 2 aromatic heterocycles. The number of hydrogen-bond donors (Lipinski definition) is 2. The van der Waals surface area contributed by atoms with Crippen molar-refractivity contribution in [1.82, 2.24) is 19.5 Å². The van der Waals surface area contributed by atoms with Crippen LogP contribution in [0.1, 0.15) is 44.8 Å². The number of rotatable bonds is 6. The van der Waals surface area contributed by atoms with Crippen molar-refractivity contribution in [2.75, 3.05) is 5.75 Å². The van der Waals surface area contributed by atoms with Crippen LogP contribution in [0.4, 0.5) is 0 Å². The molecule has 9 heteroatoms. The maximum atomic E-state index is 11.2. The van der Waals surface area contributed by atoms with E-state index in [-0.39, 0.29) is 17.7 Å². The maximum Gasteiger partial charge on any atom is 0.209 e. The molecule has 3 N–H and O–H groups in total. The summed E-state index contributed by atoms with van der Waals surface area (Å²) in [5, 5.41) is 15.4. The Balaban J connectivity index is 1.81. The highest BCUT2D eigenvalue weighted by atomic mass is 32.2. The molecule has 25 heavy (non-hydrogen) atoms. The molecule has 3 atom stereocenters. The molecule has 0 radical (unpaired) electrons. The van der Waals surface area contributed by atoms with E-state index in [9.17, 15) is 13.5 Å². The summed E-state index contributed by atoms with van der Waals surface area (Å²) in [6.45, 7) is 4.27. The molecule has 0 saturated heterocycles. The molecule has 8 nitrogen and oxygen atoms in total. The molecule has 3 unspecified atom stereocenters. The third-order valence-electron chi connectivity index (χ3n) is 4.84. The zero-order chi connectivity index (χ0) is 18.2. The average Bonchev–Trinajstić information content (AvgIpc) is 3.08. The highest BCUT2D eigenvalue weighted by Gasteiger charge is 2.35. The molecule has 0 aliphatic heterocycles. The van der Waals surface area contributed by atoms with Crippen LogP contribution in [-0.2, 0) is 16.4 Å². The number of hydrogen-bond acceptors (Lipinski definition) is 6. The molecule has 0 aromatic carbocycles. The van der Waals surface area contributed by atoms with E-state index in [0.717, 1.165) is 23.3 Å². The number of primary sulfonamides is 1. The molecule has 0 bridgehead atoms. The van der Waals surface area contributed by atoms with Crippen molar-refractivity contribution in [3.05, 3.63) is 18.3 Å². The van der Waals surface area contributed by atoms with Crippen LogP contribution in [0.25, 0.3) is 11.2 Å². The topological polar surface area (TPSA) is 124 Å². The van der Waals surface area contributed by atoms with Crippen LogP contribution in [0.2, 0.25) is 0 Å². The fourth-order valence-corrected chi connectivity index (χ4v) is 4.26. The van der Waals surface area contributed by atoms with E-state index >= 15 is 0 Å². The van der Waals surface area contributed by atoms with Crippen LogP contribution in [0, 0.1) is 11.8 Å². The summed E-state index contributed by atoms with van der Waals surface area (Å²) in [6, 6.07) is 0.0484. The van der Waals surface area contributed by atoms with Gasteiger partial charge in [0.15, 0.2) is 5.65 Å². The van der Waals surface area contributed by atoms with E-state index in [1.54, 1.807) is 12.7 Å². The van der Waals surface area contributed by atoms with Crippen molar-refractivity contribution in [2.24, 2.45) is 17.0 Å². The average molecular weight is 367 g/mol. The van der Waals surface area contributed by atoms with E-state index in [2.05, 4.69) is 28.8 Å². The molecule has 3 rings (SSSR count). The van der Waals surface area contributed by atoms with Gasteiger partial charge in [0, 0.05) is 6.04 Å². The van der Waals surface area contributed by atoms with E-state index in [1.165, 1.54) is 0 Å². The number of imidazole rings is 1. The van der Waals surface area contributed by atoms with Gasteiger partial charge in [0.2, 0.25) is 10.0 Å². The lowest BCUT2D eigenvalue weighted by Gasteiger charge is -2.13. The number of aliphatic hydroxyl groups is 1. The fourth-order valence-electron chi connectivity index (χ4n) is 3.63. The van der Waals surface area contributed by atoms with Gasteiger partial charge in [-0.05, 0) is 37.5 Å². The Kier molecular flexibility index (Phi) is 5.08. The van der Waals surface area contributed by atoms with Gasteiger partial charge in [-0.2, -0.15) is 0 Å². The van der Waals surface area contributed by atoms with Crippen LogP contribution in [0.5, 0.6) is 0 Å². The van der Waals surface area contributed by atoms with E-state index in [0.29, 0.717) is 25.2 Å². The maximum absolute atomic E-state index is 11.2. The van der Waals surface area contributed by atoms with Gasteiger partial charge in [-0.1, -0.05) is 13.8 Å². The number of aromatic nitrogens is 4. The van der Waals surface area contributed by atoms with Gasteiger partial charge in [-0.25, -0.2) is 28.5 Å². The fraction of sp³-hybridized carbons (Fsp3) is 0.688. The van der Waals surface area contributed by atoms with E-state index in [4.69, 9.17) is 5.14 Å². The normalized spacial score (nSPS) is 24.4. The molecule has 2 aromatic rings. The Labute approximate surface area is 147 Å². The Morgan fingerprint density at radius 2 is 2.08 bits per heavy atom. The van der Waals surface area contributed by atoms with E-state index in [1.807, 2.05) is 4.57 Å². The van der Waals surface area contributed by atoms with Crippen molar-refractivity contribution in [3.63, 3.8) is 0 Å². The van der Waals surface area contributed by atoms with Crippen LogP contribution in [-0.4, -0.2) is 44.9 Å². The Morgan fingerprint density at radius 3 is 2.76 bits per heavy atom. The first kappa shape index (κ1) is 18.2. The Morgan fingerprint density at radius 1 is 1.32 bits per heavy atom. The summed E-state index contributed by atoms with van der Waals surface area (Å²) in [6.07, 6.45) is 5.22. The molecule has 0 spiro atoms. The molecule has 1 fully saturated rings. The minimum atomic E-state index is -3.51. The monoisotopic (exact) mass is 367 g/mol. The van der Waals surface area contributed by atoms with Gasteiger partial charge in [0.05, 0.1) is 23.9 Å². The summed E-state index contributed by atoms with van der Waals surface area (Å²) in [5.41, 5.74) is 2.51. The van der Waals surface area contributed by atoms with Crippen molar-refractivity contribution in [3.8, 4) is 0 Å². The van der Waals surface area contributed by atoms with Gasteiger partial charge < -0.3 is 9.67 Å². The zero-order valence-corrected chi connectivity index (χ0v) is 15.4. The third kappa shape index (κ3) is 4.16. The van der Waals surface area contributed by atoms with Crippen molar-refractivity contribution in [2.45, 2.75) is 51.7 Å². The Hall–Kier alpha value is -1.58. The number of nitrogens with two attached hydrogens (primary N) is 1. The predicted molar refractivity (Wildman–Crippen MR) is 94.2 cm³/mol. The van der Waals surface area contributed by atoms with E-state index < -0.39 is 16.1 Å². The lowest BCUT2D eigenvalue weighted by Crippen LogP contribution is -2.22. The van der Waals surface area contributed by atoms with Crippen molar-refractivity contribution < 1.29 is 13.5 Å². The van der Waals surface area contributed by atoms with Crippen LogP contribution in [0.3, 0.4) is 0 Å². The molecule has 1 aliphatic rings. The zero-order valence-electron chi connectivity index (χ0n) is 14.5. The minimum absolute atomic E-state index is 0.0484. The van der Waals surface area contributed by atoms with Crippen molar-refractivity contribution in [1.29, 1.82) is 0 Å². The van der Waals surface area contributed by atoms with Gasteiger partial charge in [0.25, 0.3) is 0 Å². The smallest absolute Gasteiger partial charge is 0.209 e. The van der Waals surface area contributed by atoms with Crippen LogP contribution >= 0.6 is 0 Å². The summed E-state index contributed by atoms with van der Waals surface area (Å²) in [7, 11) is -3.51. The second-order valence-electron chi connectivity index (χ2n) is 7.35.